The maximum atomic E-state index is 12.2. The molecule has 0 bridgehead atoms. The van der Waals surface area contributed by atoms with Gasteiger partial charge in [-0.15, -0.1) is 0 Å². The Hall–Kier alpha value is -3.26. The second-order valence-corrected chi connectivity index (χ2v) is 6.62. The van der Waals surface area contributed by atoms with Gasteiger partial charge in [0.05, 0.1) is 22.8 Å². The van der Waals surface area contributed by atoms with Gasteiger partial charge in [0.15, 0.2) is 18.1 Å². The number of halogens is 1. The molecule has 29 heavy (non-hydrogen) atoms. The molecule has 0 radical (unpaired) electrons. The van der Waals surface area contributed by atoms with Crippen molar-refractivity contribution in [3.63, 3.8) is 0 Å². The summed E-state index contributed by atoms with van der Waals surface area (Å²) in [6.07, 6.45) is 0. The molecule has 1 aliphatic rings. The van der Waals surface area contributed by atoms with Crippen LogP contribution in [-0.2, 0) is 14.3 Å². The van der Waals surface area contributed by atoms with Crippen LogP contribution < -0.4 is 14.8 Å². The Morgan fingerprint density at radius 2 is 1.83 bits per heavy atom. The van der Waals surface area contributed by atoms with Gasteiger partial charge in [0.1, 0.15) is 13.2 Å². The van der Waals surface area contributed by atoms with Gasteiger partial charge in [-0.3, -0.25) is 9.59 Å². The number of esters is 1. The number of anilines is 1. The molecular weight excluding hydrogens is 400 g/mol. The molecule has 8 nitrogen and oxygen atoms in total. The summed E-state index contributed by atoms with van der Waals surface area (Å²) in [5, 5.41) is 3.01. The molecule has 0 spiro atoms. The number of likely N-dealkylation sites (N-methyl/N-ethyl adjacent to an activating group) is 1. The quantitative estimate of drug-likeness (QED) is 0.724. The minimum absolute atomic E-state index is 0.217. The van der Waals surface area contributed by atoms with Crippen molar-refractivity contribution < 1.29 is 28.6 Å². The van der Waals surface area contributed by atoms with E-state index in [0.717, 1.165) is 4.90 Å². The van der Waals surface area contributed by atoms with E-state index in [0.29, 0.717) is 35.4 Å². The highest BCUT2D eigenvalue weighted by Crippen LogP contribution is 2.30. The van der Waals surface area contributed by atoms with Gasteiger partial charge in [0, 0.05) is 7.05 Å². The summed E-state index contributed by atoms with van der Waals surface area (Å²) in [4.78, 5) is 37.6. The average Bonchev–Trinajstić information content (AvgIpc) is 2.73. The summed E-state index contributed by atoms with van der Waals surface area (Å²) < 4.78 is 15.8. The van der Waals surface area contributed by atoms with E-state index >= 15 is 0 Å². The van der Waals surface area contributed by atoms with Crippen LogP contribution in [0.25, 0.3) is 0 Å². The maximum absolute atomic E-state index is 12.2. The van der Waals surface area contributed by atoms with E-state index < -0.39 is 24.4 Å². The van der Waals surface area contributed by atoms with Gasteiger partial charge in [0.2, 0.25) is 5.91 Å². The smallest absolute Gasteiger partial charge is 0.338 e. The van der Waals surface area contributed by atoms with Gasteiger partial charge in [-0.25, -0.2) is 4.79 Å². The van der Waals surface area contributed by atoms with Crippen molar-refractivity contribution in [1.82, 2.24) is 4.90 Å². The number of para-hydroxylation sites is 1. The Morgan fingerprint density at radius 3 is 2.59 bits per heavy atom. The Kier molecular flexibility index (Phi) is 6.56. The first-order chi connectivity index (χ1) is 13.9. The number of hydrogen-bond donors (Lipinski definition) is 1. The van der Waals surface area contributed by atoms with Crippen LogP contribution in [0, 0.1) is 0 Å². The molecule has 0 saturated carbocycles. The van der Waals surface area contributed by atoms with E-state index in [1.165, 1.54) is 19.2 Å². The fourth-order valence-electron chi connectivity index (χ4n) is 2.55. The normalized spacial score (nSPS) is 12.1. The molecule has 2 amide bonds. The van der Waals surface area contributed by atoms with Crippen molar-refractivity contribution >= 4 is 35.1 Å². The van der Waals surface area contributed by atoms with E-state index in [1.54, 1.807) is 30.3 Å². The highest BCUT2D eigenvalue weighted by atomic mass is 35.5. The van der Waals surface area contributed by atoms with E-state index in [-0.39, 0.29) is 12.1 Å². The lowest BCUT2D eigenvalue weighted by molar-refractivity contribution is -0.136. The number of nitrogens with zero attached hydrogens (tertiary/aromatic N) is 1. The summed E-state index contributed by atoms with van der Waals surface area (Å²) in [6, 6.07) is 11.4. The van der Waals surface area contributed by atoms with Crippen LogP contribution in [0.15, 0.2) is 42.5 Å². The van der Waals surface area contributed by atoms with Crippen molar-refractivity contribution in [3.05, 3.63) is 53.1 Å². The molecule has 0 aliphatic carbocycles. The molecule has 1 N–H and O–H groups in total. The number of carbonyl (C=O) groups excluding carboxylic acids is 3. The predicted octanol–water partition coefficient (Wildman–Crippen LogP) is 2.37. The monoisotopic (exact) mass is 418 g/mol. The zero-order chi connectivity index (χ0) is 20.8. The van der Waals surface area contributed by atoms with Crippen LogP contribution in [-0.4, -0.2) is 56.1 Å². The highest BCUT2D eigenvalue weighted by molar-refractivity contribution is 6.33. The number of rotatable bonds is 6. The molecule has 3 rings (SSSR count). The Bertz CT molecular complexity index is 933. The summed E-state index contributed by atoms with van der Waals surface area (Å²) in [7, 11) is 1.44. The third-order valence-electron chi connectivity index (χ3n) is 4.06. The van der Waals surface area contributed by atoms with Crippen LogP contribution in [0.3, 0.4) is 0 Å². The SMILES string of the molecule is CN(CC(=O)Nc1ccccc1Cl)C(=O)COC(=O)c1ccc2c(c1)OCCO2. The molecular formula is C20H19ClN2O6. The van der Waals surface area contributed by atoms with Crippen molar-refractivity contribution in [1.29, 1.82) is 0 Å². The molecule has 0 unspecified atom stereocenters. The molecule has 9 heteroatoms. The predicted molar refractivity (Wildman–Crippen MR) is 105 cm³/mol. The van der Waals surface area contributed by atoms with Crippen LogP contribution in [0.2, 0.25) is 5.02 Å². The average molecular weight is 419 g/mol. The molecule has 0 fully saturated rings. The molecule has 0 saturated heterocycles. The largest absolute Gasteiger partial charge is 0.486 e. The third kappa shape index (κ3) is 5.39. The Labute approximate surface area is 172 Å². The number of nitrogens with one attached hydrogen (secondary N) is 1. The van der Waals surface area contributed by atoms with Gasteiger partial charge in [-0.2, -0.15) is 0 Å². The molecule has 0 atom stereocenters. The van der Waals surface area contributed by atoms with Crippen LogP contribution in [0.5, 0.6) is 11.5 Å². The van der Waals surface area contributed by atoms with Gasteiger partial charge in [-0.1, -0.05) is 23.7 Å². The first-order valence-corrected chi connectivity index (χ1v) is 9.17. The van der Waals surface area contributed by atoms with E-state index in [4.69, 9.17) is 25.8 Å². The summed E-state index contributed by atoms with van der Waals surface area (Å²) >= 11 is 5.98. The van der Waals surface area contributed by atoms with Crippen LogP contribution in [0.4, 0.5) is 5.69 Å². The van der Waals surface area contributed by atoms with Crippen molar-refractivity contribution in [3.8, 4) is 11.5 Å². The summed E-state index contributed by atoms with van der Waals surface area (Å²) in [6.45, 7) is 0.126. The van der Waals surface area contributed by atoms with Gasteiger partial charge < -0.3 is 24.4 Å². The zero-order valence-electron chi connectivity index (χ0n) is 15.6. The van der Waals surface area contributed by atoms with E-state index in [2.05, 4.69) is 5.32 Å². The summed E-state index contributed by atoms with van der Waals surface area (Å²) in [5.74, 6) is -0.625. The Balaban J connectivity index is 1.49. The molecule has 2 aromatic carbocycles. The second-order valence-electron chi connectivity index (χ2n) is 6.21. The summed E-state index contributed by atoms with van der Waals surface area (Å²) in [5.41, 5.74) is 0.686. The van der Waals surface area contributed by atoms with Gasteiger partial charge in [0.25, 0.3) is 5.91 Å². The standard InChI is InChI=1S/C20H19ClN2O6/c1-23(11-18(24)22-15-5-3-2-4-14(15)21)19(25)12-29-20(26)13-6-7-16-17(10-13)28-9-8-27-16/h2-7,10H,8-9,11-12H2,1H3,(H,22,24). The first kappa shape index (κ1) is 20.5. The van der Waals surface area contributed by atoms with Crippen LogP contribution >= 0.6 is 11.6 Å². The topological polar surface area (TPSA) is 94.2 Å². The maximum Gasteiger partial charge on any atom is 0.338 e. The lowest BCUT2D eigenvalue weighted by atomic mass is 10.2. The molecule has 152 valence electrons. The second kappa shape index (κ2) is 9.29. The van der Waals surface area contributed by atoms with E-state index in [9.17, 15) is 14.4 Å². The molecule has 0 aromatic heterocycles. The number of carbonyl (C=O) groups is 3. The first-order valence-electron chi connectivity index (χ1n) is 8.79. The van der Waals surface area contributed by atoms with Crippen molar-refractivity contribution in [2.24, 2.45) is 0 Å². The van der Waals surface area contributed by atoms with Crippen molar-refractivity contribution in [2.75, 3.05) is 38.7 Å². The van der Waals surface area contributed by atoms with Crippen LogP contribution in [0.1, 0.15) is 10.4 Å². The fraction of sp³-hybridized carbons (Fsp3) is 0.250. The zero-order valence-corrected chi connectivity index (χ0v) is 16.4. The fourth-order valence-corrected chi connectivity index (χ4v) is 2.73. The minimum Gasteiger partial charge on any atom is -0.486 e. The Morgan fingerprint density at radius 1 is 1.10 bits per heavy atom. The van der Waals surface area contributed by atoms with E-state index in [1.807, 2.05) is 0 Å². The number of fused-ring (bicyclic) bond motifs is 1. The molecule has 2 aromatic rings. The minimum atomic E-state index is -0.677. The van der Waals surface area contributed by atoms with Gasteiger partial charge in [-0.05, 0) is 30.3 Å². The number of hydrogen-bond acceptors (Lipinski definition) is 6. The molecule has 1 heterocycles. The lowest BCUT2D eigenvalue weighted by Crippen LogP contribution is -2.37. The third-order valence-corrected chi connectivity index (χ3v) is 4.39. The molecule has 1 aliphatic heterocycles. The number of benzene rings is 2. The number of amides is 2. The lowest BCUT2D eigenvalue weighted by Gasteiger charge is -2.19. The highest BCUT2D eigenvalue weighted by Gasteiger charge is 2.19. The van der Waals surface area contributed by atoms with Gasteiger partial charge >= 0.3 is 5.97 Å². The number of ether oxygens (including phenoxy) is 3. The van der Waals surface area contributed by atoms with Crippen molar-refractivity contribution in [2.45, 2.75) is 0 Å².